The molecule has 0 unspecified atom stereocenters. The van der Waals surface area contributed by atoms with Gasteiger partial charge in [0.2, 0.25) is 0 Å². The molecule has 39 heavy (non-hydrogen) atoms. The molecule has 3 heterocycles. The lowest BCUT2D eigenvalue weighted by Gasteiger charge is -2.43. The number of imidazole rings is 1. The van der Waals surface area contributed by atoms with E-state index in [0.717, 1.165) is 31.9 Å². The second kappa shape index (κ2) is 10.1. The van der Waals surface area contributed by atoms with E-state index in [9.17, 15) is 14.3 Å². The molecule has 10 heteroatoms. The predicted octanol–water partition coefficient (Wildman–Crippen LogP) is 4.91. The lowest BCUT2D eigenvalue weighted by Crippen LogP contribution is -2.53. The number of piperazine rings is 1. The third-order valence-corrected chi connectivity index (χ3v) is 7.62. The molecule has 0 saturated carbocycles. The van der Waals surface area contributed by atoms with E-state index >= 15 is 0 Å². The van der Waals surface area contributed by atoms with E-state index in [0.29, 0.717) is 28.2 Å². The molecule has 0 radical (unpaired) electrons. The zero-order valence-corrected chi connectivity index (χ0v) is 23.2. The van der Waals surface area contributed by atoms with Crippen LogP contribution in [0.15, 0.2) is 59.8 Å². The van der Waals surface area contributed by atoms with Gasteiger partial charge in [0.15, 0.2) is 0 Å². The van der Waals surface area contributed by atoms with Crippen LogP contribution in [-0.4, -0.2) is 55.8 Å². The molecule has 2 aromatic heterocycles. The molecule has 0 spiro atoms. The van der Waals surface area contributed by atoms with Crippen molar-refractivity contribution in [2.75, 3.05) is 36.8 Å². The molecule has 1 fully saturated rings. The lowest BCUT2D eigenvalue weighted by molar-refractivity contribution is 0.128. The van der Waals surface area contributed by atoms with E-state index in [1.807, 2.05) is 6.07 Å². The number of rotatable bonds is 4. The topological polar surface area (TPSA) is 92.6 Å². The SMILES string of the molecule is Cn1ccn(-c2ccc(-c3cc(F)cc(-c4cnc(N)c(N5CCN(C(C)(C)C)CC5)c4)c3O)cc2Cl)c1=O. The number of nitrogen functional groups attached to an aromatic ring is 1. The Labute approximate surface area is 231 Å². The molecule has 2 aromatic carbocycles. The van der Waals surface area contributed by atoms with Crippen LogP contribution in [0.3, 0.4) is 0 Å². The van der Waals surface area contributed by atoms with Crippen molar-refractivity contribution >= 4 is 23.1 Å². The predicted molar refractivity (Wildman–Crippen MR) is 154 cm³/mol. The Balaban J connectivity index is 1.50. The Morgan fingerprint density at radius 2 is 1.64 bits per heavy atom. The Hall–Kier alpha value is -3.82. The summed E-state index contributed by atoms with van der Waals surface area (Å²) in [4.78, 5) is 21.3. The number of nitrogens with two attached hydrogens (primary N) is 1. The highest BCUT2D eigenvalue weighted by Crippen LogP contribution is 2.41. The number of hydrogen-bond acceptors (Lipinski definition) is 6. The molecule has 1 saturated heterocycles. The molecule has 204 valence electrons. The average molecular weight is 551 g/mol. The summed E-state index contributed by atoms with van der Waals surface area (Å²) in [6, 6.07) is 9.37. The van der Waals surface area contributed by atoms with Gasteiger partial charge in [0.1, 0.15) is 17.4 Å². The van der Waals surface area contributed by atoms with Crippen molar-refractivity contribution in [3.63, 3.8) is 0 Å². The van der Waals surface area contributed by atoms with Crippen molar-refractivity contribution in [3.8, 4) is 33.7 Å². The van der Waals surface area contributed by atoms with E-state index < -0.39 is 5.82 Å². The molecule has 0 bridgehead atoms. The smallest absolute Gasteiger partial charge is 0.332 e. The van der Waals surface area contributed by atoms with Crippen molar-refractivity contribution in [3.05, 3.63) is 76.3 Å². The number of aromatic nitrogens is 3. The summed E-state index contributed by atoms with van der Waals surface area (Å²) in [5.74, 6) is -0.237. The highest BCUT2D eigenvalue weighted by atomic mass is 35.5. The Morgan fingerprint density at radius 1 is 0.974 bits per heavy atom. The Bertz CT molecular complexity index is 1600. The van der Waals surface area contributed by atoms with Crippen molar-refractivity contribution < 1.29 is 9.50 Å². The maximum absolute atomic E-state index is 14.9. The maximum atomic E-state index is 14.9. The van der Waals surface area contributed by atoms with Crippen LogP contribution in [0.5, 0.6) is 5.75 Å². The normalized spacial score (nSPS) is 14.7. The van der Waals surface area contributed by atoms with Gasteiger partial charge in [-0.05, 0) is 56.7 Å². The molecular formula is C29H32ClFN6O2. The van der Waals surface area contributed by atoms with Gasteiger partial charge in [0.25, 0.3) is 0 Å². The summed E-state index contributed by atoms with van der Waals surface area (Å²) >= 11 is 6.53. The molecule has 1 aliphatic heterocycles. The Kier molecular flexibility index (Phi) is 6.90. The molecule has 5 rings (SSSR count). The van der Waals surface area contributed by atoms with Crippen LogP contribution in [0.2, 0.25) is 5.02 Å². The summed E-state index contributed by atoms with van der Waals surface area (Å²) in [5, 5.41) is 11.6. The highest BCUT2D eigenvalue weighted by molar-refractivity contribution is 6.32. The van der Waals surface area contributed by atoms with Gasteiger partial charge >= 0.3 is 5.69 Å². The first kappa shape index (κ1) is 26.8. The van der Waals surface area contributed by atoms with Gasteiger partial charge < -0.3 is 20.3 Å². The van der Waals surface area contributed by atoms with Crippen LogP contribution in [0.25, 0.3) is 27.9 Å². The first-order valence-electron chi connectivity index (χ1n) is 12.8. The molecule has 8 nitrogen and oxygen atoms in total. The Morgan fingerprint density at radius 3 is 2.23 bits per heavy atom. The van der Waals surface area contributed by atoms with E-state index in [4.69, 9.17) is 17.3 Å². The quantitative estimate of drug-likeness (QED) is 0.375. The minimum absolute atomic E-state index is 0.0830. The zero-order chi connectivity index (χ0) is 28.1. The van der Waals surface area contributed by atoms with E-state index in [1.165, 1.54) is 21.3 Å². The van der Waals surface area contributed by atoms with Gasteiger partial charge in [-0.15, -0.1) is 0 Å². The largest absolute Gasteiger partial charge is 0.507 e. The fraction of sp³-hybridized carbons (Fsp3) is 0.310. The molecule has 4 aromatic rings. The third kappa shape index (κ3) is 5.12. The highest BCUT2D eigenvalue weighted by Gasteiger charge is 2.27. The van der Waals surface area contributed by atoms with Crippen molar-refractivity contribution in [2.45, 2.75) is 26.3 Å². The first-order valence-corrected chi connectivity index (χ1v) is 13.1. The first-order chi connectivity index (χ1) is 18.4. The molecule has 0 aliphatic carbocycles. The average Bonchev–Trinajstić information content (AvgIpc) is 3.22. The van der Waals surface area contributed by atoms with Gasteiger partial charge in [-0.1, -0.05) is 17.7 Å². The molecule has 3 N–H and O–H groups in total. The third-order valence-electron chi connectivity index (χ3n) is 7.32. The number of anilines is 2. The summed E-state index contributed by atoms with van der Waals surface area (Å²) in [6.45, 7) is 9.93. The van der Waals surface area contributed by atoms with Gasteiger partial charge in [0, 0.05) is 74.0 Å². The lowest BCUT2D eigenvalue weighted by atomic mass is 9.97. The maximum Gasteiger partial charge on any atom is 0.332 e. The number of nitrogens with zero attached hydrogens (tertiary/aromatic N) is 5. The minimum Gasteiger partial charge on any atom is -0.507 e. The van der Waals surface area contributed by atoms with E-state index in [-0.39, 0.29) is 27.6 Å². The summed E-state index contributed by atoms with van der Waals surface area (Å²) in [6.07, 6.45) is 4.80. The van der Waals surface area contributed by atoms with Gasteiger partial charge in [0.05, 0.1) is 16.4 Å². The van der Waals surface area contributed by atoms with Crippen molar-refractivity contribution in [1.29, 1.82) is 0 Å². The summed E-state index contributed by atoms with van der Waals surface area (Å²) in [5.41, 5.74) is 8.97. The molecule has 1 aliphatic rings. The van der Waals surface area contributed by atoms with E-state index in [1.54, 1.807) is 43.8 Å². The number of phenolic OH excluding ortho intramolecular Hbond substituents is 1. The van der Waals surface area contributed by atoms with Crippen LogP contribution in [-0.2, 0) is 7.05 Å². The fourth-order valence-corrected chi connectivity index (χ4v) is 5.31. The number of aryl methyl sites for hydroxylation is 1. The zero-order valence-electron chi connectivity index (χ0n) is 22.4. The van der Waals surface area contributed by atoms with Crippen LogP contribution in [0, 0.1) is 5.82 Å². The van der Waals surface area contributed by atoms with Crippen LogP contribution in [0.4, 0.5) is 15.9 Å². The fourth-order valence-electron chi connectivity index (χ4n) is 5.04. The van der Waals surface area contributed by atoms with Crippen LogP contribution < -0.4 is 16.3 Å². The number of halogens is 2. The number of aromatic hydroxyl groups is 1. The molecule has 0 atom stereocenters. The number of phenols is 1. The second-order valence-corrected chi connectivity index (χ2v) is 11.3. The standard InChI is InChI=1S/C29H32ClFN6O2/c1-29(2,3)36-10-8-35(9-11-36)25-14-19(17-33-27(25)32)22-16-20(31)15-21(26(22)38)18-5-6-24(23(30)13-18)37-12-7-34(4)28(37)39/h5-7,12-17,38H,8-11H2,1-4H3,(H2,32,33). The number of pyridine rings is 1. The van der Waals surface area contributed by atoms with Gasteiger partial charge in [-0.3, -0.25) is 9.47 Å². The number of hydrogen-bond donors (Lipinski definition) is 2. The summed E-state index contributed by atoms with van der Waals surface area (Å²) in [7, 11) is 1.65. The van der Waals surface area contributed by atoms with Crippen molar-refractivity contribution in [1.82, 2.24) is 19.0 Å². The second-order valence-electron chi connectivity index (χ2n) is 10.9. The van der Waals surface area contributed by atoms with Gasteiger partial charge in [-0.2, -0.15) is 0 Å². The van der Waals surface area contributed by atoms with Crippen LogP contribution in [0.1, 0.15) is 20.8 Å². The monoisotopic (exact) mass is 550 g/mol. The van der Waals surface area contributed by atoms with E-state index in [2.05, 4.69) is 35.6 Å². The molecule has 0 amide bonds. The molecular weight excluding hydrogens is 519 g/mol. The van der Waals surface area contributed by atoms with Gasteiger partial charge in [-0.25, -0.2) is 14.2 Å². The van der Waals surface area contributed by atoms with Crippen molar-refractivity contribution in [2.24, 2.45) is 7.05 Å². The summed E-state index contributed by atoms with van der Waals surface area (Å²) < 4.78 is 17.8. The number of benzene rings is 2. The minimum atomic E-state index is -0.519. The van der Waals surface area contributed by atoms with Crippen LogP contribution >= 0.6 is 11.6 Å².